The number of rotatable bonds is 1. The molecule has 0 unspecified atom stereocenters. The summed E-state index contributed by atoms with van der Waals surface area (Å²) in [6, 6.07) is 1.65. The van der Waals surface area contributed by atoms with Gasteiger partial charge in [-0.05, 0) is 0 Å². The van der Waals surface area contributed by atoms with Crippen molar-refractivity contribution in [2.45, 2.75) is 0 Å². The number of imide groups is 1. The van der Waals surface area contributed by atoms with E-state index >= 15 is 0 Å². The van der Waals surface area contributed by atoms with Crippen molar-refractivity contribution in [2.24, 2.45) is 7.05 Å². The molecule has 0 bridgehead atoms. The van der Waals surface area contributed by atoms with E-state index in [0.29, 0.717) is 0 Å². The molecule has 0 radical (unpaired) electrons. The van der Waals surface area contributed by atoms with Crippen LogP contribution in [0.3, 0.4) is 0 Å². The van der Waals surface area contributed by atoms with Crippen LogP contribution in [-0.2, 0) is 7.05 Å². The smallest absolute Gasteiger partial charge is 0.422 e. The van der Waals surface area contributed by atoms with Gasteiger partial charge in [0.2, 0.25) is 0 Å². The van der Waals surface area contributed by atoms with E-state index in [2.05, 4.69) is 5.10 Å². The van der Waals surface area contributed by atoms with Gasteiger partial charge < -0.3 is 10.2 Å². The second-order valence-electron chi connectivity index (χ2n) is 2.52. The van der Waals surface area contributed by atoms with Gasteiger partial charge in [-0.3, -0.25) is 4.68 Å². The molecule has 0 aromatic carbocycles. The van der Waals surface area contributed by atoms with Crippen LogP contribution in [-0.4, -0.2) is 32.2 Å². The molecule has 1 aromatic heterocycles. The number of nitrogens with zero attached hydrogens (tertiary/aromatic N) is 4. The van der Waals surface area contributed by atoms with Crippen molar-refractivity contribution in [3.05, 3.63) is 11.8 Å². The lowest BCUT2D eigenvalue weighted by atomic mass is 10.3. The Kier molecular flexibility index (Phi) is 2.57. The second kappa shape index (κ2) is 3.67. The Morgan fingerprint density at radius 1 is 1.53 bits per heavy atom. The molecular weight excluding hydrogens is 204 g/mol. The number of carbonyl (C=O) groups is 2. The monoisotopic (exact) mass is 210 g/mol. The SMILES string of the molecule is Cn1ncc(C#N)c1N(C(=O)O)C(=O)O. The zero-order chi connectivity index (χ0) is 11.6. The fourth-order valence-corrected chi connectivity index (χ4v) is 1.04. The molecule has 1 heterocycles. The predicted octanol–water partition coefficient (Wildman–Crippen LogP) is 0.454. The molecule has 0 aliphatic rings. The Hall–Kier alpha value is -2.56. The average molecular weight is 210 g/mol. The van der Waals surface area contributed by atoms with Crippen LogP contribution in [0.1, 0.15) is 5.56 Å². The summed E-state index contributed by atoms with van der Waals surface area (Å²) in [5.74, 6) is -0.294. The van der Waals surface area contributed by atoms with E-state index in [1.165, 1.54) is 7.05 Å². The van der Waals surface area contributed by atoms with Gasteiger partial charge in [0.05, 0.1) is 6.20 Å². The zero-order valence-electron chi connectivity index (χ0n) is 7.58. The highest BCUT2D eigenvalue weighted by molar-refractivity contribution is 6.07. The third-order valence-electron chi connectivity index (χ3n) is 1.62. The van der Waals surface area contributed by atoms with E-state index in [-0.39, 0.29) is 16.3 Å². The number of nitriles is 1. The Bertz CT molecular complexity index is 444. The topological polar surface area (TPSA) is 119 Å². The summed E-state index contributed by atoms with van der Waals surface area (Å²) in [6.07, 6.45) is -2.29. The lowest BCUT2D eigenvalue weighted by Gasteiger charge is -2.13. The van der Waals surface area contributed by atoms with Gasteiger partial charge in [-0.15, -0.1) is 0 Å². The number of hydrogen-bond acceptors (Lipinski definition) is 4. The Morgan fingerprint density at radius 3 is 2.47 bits per heavy atom. The molecule has 0 spiro atoms. The van der Waals surface area contributed by atoms with Crippen molar-refractivity contribution in [3.8, 4) is 6.07 Å². The normalized spacial score (nSPS) is 9.33. The first-order valence-electron chi connectivity index (χ1n) is 3.67. The van der Waals surface area contributed by atoms with Gasteiger partial charge in [0.1, 0.15) is 11.6 Å². The van der Waals surface area contributed by atoms with Gasteiger partial charge in [-0.25, -0.2) is 9.59 Å². The minimum atomic E-state index is -1.69. The minimum Gasteiger partial charge on any atom is -0.464 e. The summed E-state index contributed by atoms with van der Waals surface area (Å²) in [4.78, 5) is 21.3. The standard InChI is InChI=1S/C7H6N4O4/c1-10-5(4(2-8)3-9-10)11(6(12)13)7(14)15/h3H,1H3,(H,12,13)(H,14,15). The molecular formula is C7H6N4O4. The van der Waals surface area contributed by atoms with Crippen LogP contribution in [0.2, 0.25) is 0 Å². The second-order valence-corrected chi connectivity index (χ2v) is 2.52. The first-order valence-corrected chi connectivity index (χ1v) is 3.67. The van der Waals surface area contributed by atoms with Crippen molar-refractivity contribution in [1.29, 1.82) is 5.26 Å². The molecule has 0 saturated carbocycles. The summed E-state index contributed by atoms with van der Waals surface area (Å²) < 4.78 is 1.00. The summed E-state index contributed by atoms with van der Waals surface area (Å²) in [7, 11) is 1.34. The van der Waals surface area contributed by atoms with E-state index in [4.69, 9.17) is 15.5 Å². The average Bonchev–Trinajstić information content (AvgIpc) is 2.47. The number of carboxylic acid groups (broad SMARTS) is 2. The van der Waals surface area contributed by atoms with Crippen LogP contribution in [0.4, 0.5) is 15.4 Å². The van der Waals surface area contributed by atoms with Gasteiger partial charge in [-0.2, -0.15) is 15.3 Å². The molecule has 8 nitrogen and oxygen atoms in total. The molecule has 2 N–H and O–H groups in total. The van der Waals surface area contributed by atoms with Crippen LogP contribution < -0.4 is 4.90 Å². The number of aryl methyl sites for hydroxylation is 1. The molecule has 8 heteroatoms. The lowest BCUT2D eigenvalue weighted by Crippen LogP contribution is -2.36. The molecule has 78 valence electrons. The van der Waals surface area contributed by atoms with Gasteiger partial charge in [0.25, 0.3) is 0 Å². The van der Waals surface area contributed by atoms with Gasteiger partial charge >= 0.3 is 12.2 Å². The van der Waals surface area contributed by atoms with Crippen LogP contribution >= 0.6 is 0 Å². The van der Waals surface area contributed by atoms with E-state index in [9.17, 15) is 9.59 Å². The Balaban J connectivity index is 3.35. The minimum absolute atomic E-state index is 0.0333. The molecule has 0 aliphatic carbocycles. The summed E-state index contributed by atoms with van der Waals surface area (Å²) in [6.45, 7) is 0. The maximum atomic E-state index is 10.7. The number of amides is 2. The molecule has 0 saturated heterocycles. The molecule has 1 aromatic rings. The van der Waals surface area contributed by atoms with Gasteiger partial charge in [-0.1, -0.05) is 0 Å². The van der Waals surface area contributed by atoms with E-state index < -0.39 is 12.2 Å². The van der Waals surface area contributed by atoms with Crippen LogP contribution in [0.15, 0.2) is 6.20 Å². The first kappa shape index (κ1) is 10.5. The Morgan fingerprint density at radius 2 is 2.07 bits per heavy atom. The van der Waals surface area contributed by atoms with Crippen molar-refractivity contribution in [2.75, 3.05) is 4.90 Å². The lowest BCUT2D eigenvalue weighted by molar-refractivity contribution is 0.183. The molecule has 1 rings (SSSR count). The third-order valence-corrected chi connectivity index (χ3v) is 1.62. The molecule has 2 amide bonds. The highest BCUT2D eigenvalue weighted by atomic mass is 16.4. The van der Waals surface area contributed by atoms with Crippen molar-refractivity contribution in [1.82, 2.24) is 9.78 Å². The molecule has 0 fully saturated rings. The number of hydrogen-bond donors (Lipinski definition) is 2. The fraction of sp³-hybridized carbons (Fsp3) is 0.143. The summed E-state index contributed by atoms with van der Waals surface area (Å²) >= 11 is 0. The largest absolute Gasteiger partial charge is 0.464 e. The predicted molar refractivity (Wildman–Crippen MR) is 46.5 cm³/mol. The highest BCUT2D eigenvalue weighted by Crippen LogP contribution is 2.18. The van der Waals surface area contributed by atoms with Gasteiger partial charge in [0, 0.05) is 7.05 Å². The molecule has 15 heavy (non-hydrogen) atoms. The van der Waals surface area contributed by atoms with Crippen molar-refractivity contribution < 1.29 is 19.8 Å². The molecule has 0 atom stereocenters. The van der Waals surface area contributed by atoms with Crippen LogP contribution in [0.25, 0.3) is 0 Å². The van der Waals surface area contributed by atoms with Crippen molar-refractivity contribution >= 4 is 18.0 Å². The maximum Gasteiger partial charge on any atom is 0.422 e. The van der Waals surface area contributed by atoms with Crippen LogP contribution in [0, 0.1) is 11.3 Å². The molecule has 0 aliphatic heterocycles. The van der Waals surface area contributed by atoms with Crippen LogP contribution in [0.5, 0.6) is 0 Å². The number of anilines is 1. The van der Waals surface area contributed by atoms with E-state index in [1.54, 1.807) is 6.07 Å². The summed E-state index contributed by atoms with van der Waals surface area (Å²) in [5.41, 5.74) is -0.123. The quantitative estimate of drug-likeness (QED) is 0.694. The maximum absolute atomic E-state index is 10.7. The zero-order valence-corrected chi connectivity index (χ0v) is 7.58. The highest BCUT2D eigenvalue weighted by Gasteiger charge is 2.28. The van der Waals surface area contributed by atoms with E-state index in [1.807, 2.05) is 0 Å². The third kappa shape index (κ3) is 1.71. The first-order chi connectivity index (χ1) is 6.99. The van der Waals surface area contributed by atoms with E-state index in [0.717, 1.165) is 10.9 Å². The fourth-order valence-electron chi connectivity index (χ4n) is 1.04. The Labute approximate surface area is 83.6 Å². The number of aromatic nitrogens is 2. The summed E-state index contributed by atoms with van der Waals surface area (Å²) in [5, 5.41) is 29.5. The van der Waals surface area contributed by atoms with Gasteiger partial charge in [0.15, 0.2) is 5.82 Å². The van der Waals surface area contributed by atoms with Crippen molar-refractivity contribution in [3.63, 3.8) is 0 Å².